The summed E-state index contributed by atoms with van der Waals surface area (Å²) in [6.45, 7) is 3.88. The molecule has 2 heteroatoms. The van der Waals surface area contributed by atoms with Crippen LogP contribution in [0.5, 0.6) is 0 Å². The highest BCUT2D eigenvalue weighted by atomic mass is 16.2. The predicted octanol–water partition coefficient (Wildman–Crippen LogP) is 0.0767. The van der Waals surface area contributed by atoms with E-state index in [2.05, 4.69) is 0 Å². The lowest BCUT2D eigenvalue weighted by Gasteiger charge is -1.77. The van der Waals surface area contributed by atoms with Gasteiger partial charge in [-0.05, 0) is 0 Å². The molecule has 1 aliphatic rings. The summed E-state index contributed by atoms with van der Waals surface area (Å²) >= 11 is 0. The van der Waals surface area contributed by atoms with Crippen molar-refractivity contribution in [2.45, 2.75) is 13.3 Å². The van der Waals surface area contributed by atoms with Crippen molar-refractivity contribution in [1.29, 1.82) is 0 Å². The molecule has 0 unspecified atom stereocenters. The summed E-state index contributed by atoms with van der Waals surface area (Å²) in [6, 6.07) is 0. The Labute approximate surface area is 43.1 Å². The van der Waals surface area contributed by atoms with Crippen LogP contribution in [0.1, 0.15) is 13.3 Å². The Balaban J connectivity index is 2.24. The molecule has 0 N–H and O–H groups in total. The quantitative estimate of drug-likeness (QED) is 0.337. The third-order valence-corrected chi connectivity index (χ3v) is 1.10. The Morgan fingerprint density at radius 3 is 2.43 bits per heavy atom. The van der Waals surface area contributed by atoms with Gasteiger partial charge in [-0.15, -0.1) is 0 Å². The van der Waals surface area contributed by atoms with Gasteiger partial charge in [-0.3, -0.25) is 0 Å². The predicted molar refractivity (Wildman–Crippen MR) is 27.2 cm³/mol. The molecule has 0 bridgehead atoms. The maximum absolute atomic E-state index is 10.5. The molecule has 0 atom stereocenters. The SMILES string of the molecule is CCC(=O)[N+]1CC1. The first kappa shape index (κ1) is 4.78. The monoisotopic (exact) mass is 99.1 g/mol. The maximum Gasteiger partial charge on any atom is 0.361 e. The molecule has 0 aromatic carbocycles. The van der Waals surface area contributed by atoms with Crippen LogP contribution in [0, 0.1) is 0 Å². The van der Waals surface area contributed by atoms with Gasteiger partial charge in [-0.1, -0.05) is 11.8 Å². The molecule has 2 nitrogen and oxygen atoms in total. The van der Waals surface area contributed by atoms with E-state index in [0.717, 1.165) is 13.1 Å². The number of carbonyl (C=O) groups is 1. The normalized spacial score (nSPS) is 19.6. The molecule has 0 saturated carbocycles. The second-order valence-electron chi connectivity index (χ2n) is 1.73. The highest BCUT2D eigenvalue weighted by Gasteiger charge is 2.37. The Morgan fingerprint density at radius 2 is 2.29 bits per heavy atom. The van der Waals surface area contributed by atoms with Gasteiger partial charge in [-0.25, -0.2) is 4.79 Å². The lowest BCUT2D eigenvalue weighted by Crippen LogP contribution is -2.12. The van der Waals surface area contributed by atoms with Crippen LogP contribution in [0.2, 0.25) is 0 Å². The van der Waals surface area contributed by atoms with Crippen LogP contribution in [0.15, 0.2) is 0 Å². The molecular weight excluding hydrogens is 90.1 g/mol. The van der Waals surface area contributed by atoms with Crippen LogP contribution >= 0.6 is 0 Å². The molecule has 7 heavy (non-hydrogen) atoms. The lowest BCUT2D eigenvalue weighted by molar-refractivity contribution is -0.121. The summed E-state index contributed by atoms with van der Waals surface area (Å²) in [5.74, 6) is 0.292. The van der Waals surface area contributed by atoms with Crippen molar-refractivity contribution in [3.8, 4) is 0 Å². The van der Waals surface area contributed by atoms with Crippen molar-refractivity contribution in [3.63, 3.8) is 0 Å². The van der Waals surface area contributed by atoms with Gasteiger partial charge in [-0.2, -0.15) is 0 Å². The fourth-order valence-electron chi connectivity index (χ4n) is 0.523. The zero-order chi connectivity index (χ0) is 5.28. The van der Waals surface area contributed by atoms with Crippen molar-refractivity contribution >= 4 is 5.91 Å². The third-order valence-electron chi connectivity index (χ3n) is 1.10. The summed E-state index contributed by atoms with van der Waals surface area (Å²) in [5.41, 5.74) is 0. The topological polar surface area (TPSA) is 23.0 Å². The number of hydrogen-bond donors (Lipinski definition) is 0. The molecule has 0 spiro atoms. The van der Waals surface area contributed by atoms with Crippen molar-refractivity contribution in [1.82, 2.24) is 4.90 Å². The molecule has 1 fully saturated rings. The summed E-state index contributed by atoms with van der Waals surface area (Å²) in [5, 5.41) is 0. The van der Waals surface area contributed by atoms with Crippen LogP contribution in [-0.2, 0) is 4.79 Å². The molecule has 1 aliphatic heterocycles. The average Bonchev–Trinajstić information content (AvgIpc) is 2.44. The first-order chi connectivity index (χ1) is 3.34. The Hall–Kier alpha value is -0.370. The number of amides is 1. The maximum atomic E-state index is 10.5. The lowest BCUT2D eigenvalue weighted by atomic mass is 10.5. The van der Waals surface area contributed by atoms with Crippen molar-refractivity contribution < 1.29 is 4.79 Å². The van der Waals surface area contributed by atoms with Crippen LogP contribution in [0.3, 0.4) is 0 Å². The van der Waals surface area contributed by atoms with Gasteiger partial charge in [0.05, 0.1) is 6.42 Å². The van der Waals surface area contributed by atoms with Gasteiger partial charge in [0.2, 0.25) is 0 Å². The minimum absolute atomic E-state index is 0.292. The average molecular weight is 99.1 g/mol. The largest absolute Gasteiger partial charge is 0.361 e. The van der Waals surface area contributed by atoms with E-state index in [1.165, 1.54) is 0 Å². The van der Waals surface area contributed by atoms with Crippen molar-refractivity contribution in [3.05, 3.63) is 0 Å². The van der Waals surface area contributed by atoms with E-state index < -0.39 is 0 Å². The first-order valence-electron chi connectivity index (χ1n) is 2.62. The zero-order valence-corrected chi connectivity index (χ0v) is 4.48. The van der Waals surface area contributed by atoms with Crippen LogP contribution in [0.4, 0.5) is 0 Å². The minimum atomic E-state index is 0.292. The minimum Gasteiger partial charge on any atom is -0.225 e. The van der Waals surface area contributed by atoms with Crippen LogP contribution in [-0.4, -0.2) is 19.0 Å². The summed E-state index contributed by atoms with van der Waals surface area (Å²) < 4.78 is 0. The van der Waals surface area contributed by atoms with E-state index in [4.69, 9.17) is 0 Å². The zero-order valence-electron chi connectivity index (χ0n) is 4.48. The van der Waals surface area contributed by atoms with Gasteiger partial charge < -0.3 is 0 Å². The molecule has 1 amide bonds. The molecule has 0 aromatic heterocycles. The standard InChI is InChI=1S/C5H9NO/c1-2-5(7)6-3-4-6/h2-4H2,1H3/q+1. The van der Waals surface area contributed by atoms with Gasteiger partial charge in [0.15, 0.2) is 13.1 Å². The van der Waals surface area contributed by atoms with Gasteiger partial charge >= 0.3 is 5.91 Å². The van der Waals surface area contributed by atoms with E-state index in [0.29, 0.717) is 12.3 Å². The highest BCUT2D eigenvalue weighted by Crippen LogP contribution is 1.99. The van der Waals surface area contributed by atoms with Crippen LogP contribution in [0.25, 0.3) is 0 Å². The van der Waals surface area contributed by atoms with Gasteiger partial charge in [0.25, 0.3) is 0 Å². The smallest absolute Gasteiger partial charge is 0.225 e. The Bertz CT molecular complexity index is 86.1. The first-order valence-corrected chi connectivity index (χ1v) is 2.62. The van der Waals surface area contributed by atoms with E-state index in [9.17, 15) is 4.79 Å². The van der Waals surface area contributed by atoms with Crippen molar-refractivity contribution in [2.75, 3.05) is 13.1 Å². The molecule has 1 radical (unpaired) electrons. The third kappa shape index (κ3) is 0.996. The van der Waals surface area contributed by atoms with E-state index >= 15 is 0 Å². The fraction of sp³-hybridized carbons (Fsp3) is 0.800. The number of carbonyl (C=O) groups excluding carboxylic acids is 1. The number of hydrogen-bond acceptors (Lipinski definition) is 1. The highest BCUT2D eigenvalue weighted by molar-refractivity contribution is 5.80. The molecular formula is C5H9NO+. The molecule has 39 valence electrons. The van der Waals surface area contributed by atoms with Gasteiger partial charge in [0.1, 0.15) is 0 Å². The van der Waals surface area contributed by atoms with Crippen molar-refractivity contribution in [2.24, 2.45) is 0 Å². The second kappa shape index (κ2) is 1.62. The molecule has 0 aromatic rings. The summed E-state index contributed by atoms with van der Waals surface area (Å²) in [6.07, 6.45) is 0.667. The van der Waals surface area contributed by atoms with Crippen LogP contribution < -0.4 is 4.90 Å². The molecule has 1 saturated heterocycles. The number of rotatable bonds is 1. The van der Waals surface area contributed by atoms with E-state index in [1.54, 1.807) is 0 Å². The summed E-state index contributed by atoms with van der Waals surface area (Å²) in [7, 11) is 0. The molecule has 1 heterocycles. The fourth-order valence-corrected chi connectivity index (χ4v) is 0.523. The van der Waals surface area contributed by atoms with Gasteiger partial charge in [0, 0.05) is 0 Å². The molecule has 0 aliphatic carbocycles. The second-order valence-corrected chi connectivity index (χ2v) is 1.73. The Kier molecular flexibility index (Phi) is 1.11. The Morgan fingerprint density at radius 1 is 1.71 bits per heavy atom. The number of nitrogens with zero attached hydrogens (tertiary/aromatic N) is 1. The molecule has 1 rings (SSSR count). The van der Waals surface area contributed by atoms with E-state index in [-0.39, 0.29) is 0 Å². The summed E-state index contributed by atoms with van der Waals surface area (Å²) in [4.78, 5) is 12.3. The van der Waals surface area contributed by atoms with E-state index in [1.807, 2.05) is 11.8 Å².